The van der Waals surface area contributed by atoms with Gasteiger partial charge < -0.3 is 16.2 Å². The molecule has 1 radical (unpaired) electrons. The first-order valence-corrected chi connectivity index (χ1v) is 3.18. The van der Waals surface area contributed by atoms with Crippen LogP contribution in [0.3, 0.4) is 0 Å². The lowest BCUT2D eigenvalue weighted by Crippen LogP contribution is -2.42. The van der Waals surface area contributed by atoms with Crippen LogP contribution in [0.5, 0.6) is 0 Å². The normalized spacial score (nSPS) is 11.8. The van der Waals surface area contributed by atoms with E-state index in [0.717, 1.165) is 0 Å². The first-order valence-electron chi connectivity index (χ1n) is 3.18. The van der Waals surface area contributed by atoms with Gasteiger partial charge in [-0.2, -0.15) is 0 Å². The van der Waals surface area contributed by atoms with Crippen LogP contribution in [0.2, 0.25) is 0 Å². The highest BCUT2D eigenvalue weighted by molar-refractivity contribution is 5.86. The zero-order chi connectivity index (χ0) is 9.56. The number of rotatable bonds is 5. The topological polar surface area (TPSA) is 109 Å². The predicted molar refractivity (Wildman–Crippen MR) is 38.9 cm³/mol. The molecule has 0 heterocycles. The number of carboxylic acids is 1. The molecule has 1 atom stereocenters. The number of carbonyl (C=O) groups excluding carboxylic acids is 2. The average molecular weight is 173 g/mol. The SMILES string of the molecule is N[C@@H](CC(=O)O)C(=O)NC[C]=O. The van der Waals surface area contributed by atoms with Crippen molar-refractivity contribution in [3.63, 3.8) is 0 Å². The van der Waals surface area contributed by atoms with Crippen LogP contribution in [0.1, 0.15) is 6.42 Å². The fraction of sp³-hybridized carbons (Fsp3) is 0.500. The highest BCUT2D eigenvalue weighted by Gasteiger charge is 2.15. The van der Waals surface area contributed by atoms with Gasteiger partial charge in [0.2, 0.25) is 12.2 Å². The Morgan fingerprint density at radius 2 is 2.17 bits per heavy atom. The van der Waals surface area contributed by atoms with Gasteiger partial charge in [-0.1, -0.05) is 0 Å². The number of aliphatic carboxylic acids is 1. The molecule has 0 saturated heterocycles. The summed E-state index contributed by atoms with van der Waals surface area (Å²) in [7, 11) is 0. The van der Waals surface area contributed by atoms with Crippen molar-refractivity contribution >= 4 is 18.2 Å². The Bertz CT molecular complexity index is 192. The molecule has 0 aromatic carbocycles. The Hall–Kier alpha value is -1.43. The molecule has 0 aromatic rings. The summed E-state index contributed by atoms with van der Waals surface area (Å²) in [4.78, 5) is 30.5. The molecule has 0 aliphatic heterocycles. The Balaban J connectivity index is 3.76. The highest BCUT2D eigenvalue weighted by Crippen LogP contribution is 1.86. The van der Waals surface area contributed by atoms with Crippen molar-refractivity contribution < 1.29 is 19.5 Å². The monoisotopic (exact) mass is 173 g/mol. The van der Waals surface area contributed by atoms with Gasteiger partial charge >= 0.3 is 5.97 Å². The maximum absolute atomic E-state index is 10.8. The van der Waals surface area contributed by atoms with Gasteiger partial charge in [-0.25, -0.2) is 0 Å². The zero-order valence-electron chi connectivity index (χ0n) is 6.24. The molecule has 1 amide bonds. The van der Waals surface area contributed by atoms with Gasteiger partial charge in [0.05, 0.1) is 19.0 Å². The molecule has 0 aromatic heterocycles. The van der Waals surface area contributed by atoms with E-state index in [1.54, 1.807) is 0 Å². The summed E-state index contributed by atoms with van der Waals surface area (Å²) in [5.74, 6) is -1.83. The number of hydrogen-bond acceptors (Lipinski definition) is 4. The van der Waals surface area contributed by atoms with Crippen LogP contribution in [0.25, 0.3) is 0 Å². The molecule has 0 spiro atoms. The fourth-order valence-corrected chi connectivity index (χ4v) is 0.535. The predicted octanol–water partition coefficient (Wildman–Crippen LogP) is -1.99. The van der Waals surface area contributed by atoms with Gasteiger partial charge in [0.15, 0.2) is 0 Å². The van der Waals surface area contributed by atoms with Crippen molar-refractivity contribution in [2.75, 3.05) is 6.54 Å². The van der Waals surface area contributed by atoms with E-state index in [2.05, 4.69) is 5.32 Å². The molecule has 0 bridgehead atoms. The quantitative estimate of drug-likeness (QED) is 0.446. The number of hydrogen-bond donors (Lipinski definition) is 3. The van der Waals surface area contributed by atoms with Crippen molar-refractivity contribution in [1.82, 2.24) is 5.32 Å². The van der Waals surface area contributed by atoms with E-state index in [4.69, 9.17) is 10.8 Å². The lowest BCUT2D eigenvalue weighted by Gasteiger charge is -2.06. The summed E-state index contributed by atoms with van der Waals surface area (Å²) in [6, 6.07) is -1.11. The van der Waals surface area contributed by atoms with E-state index in [1.807, 2.05) is 0 Å². The molecular weight excluding hydrogens is 164 g/mol. The number of carbonyl (C=O) groups is 2. The van der Waals surface area contributed by atoms with Crippen LogP contribution < -0.4 is 11.1 Å². The van der Waals surface area contributed by atoms with E-state index in [9.17, 15) is 14.4 Å². The summed E-state index contributed by atoms with van der Waals surface area (Å²) < 4.78 is 0. The van der Waals surface area contributed by atoms with Crippen LogP contribution in [0.4, 0.5) is 0 Å². The Morgan fingerprint density at radius 3 is 2.58 bits per heavy atom. The summed E-state index contributed by atoms with van der Waals surface area (Å²) in [5.41, 5.74) is 5.14. The van der Waals surface area contributed by atoms with E-state index in [-0.39, 0.29) is 6.54 Å². The Labute approximate surface area is 68.7 Å². The van der Waals surface area contributed by atoms with Gasteiger partial charge in [-0.05, 0) is 0 Å². The maximum Gasteiger partial charge on any atom is 0.305 e. The van der Waals surface area contributed by atoms with Gasteiger partial charge in [-0.15, -0.1) is 0 Å². The molecule has 0 aliphatic rings. The molecule has 6 nitrogen and oxygen atoms in total. The van der Waals surface area contributed by atoms with Crippen LogP contribution in [0, 0.1) is 0 Å². The van der Waals surface area contributed by atoms with E-state index < -0.39 is 24.3 Å². The van der Waals surface area contributed by atoms with Crippen molar-refractivity contribution in [3.8, 4) is 0 Å². The van der Waals surface area contributed by atoms with Crippen molar-refractivity contribution in [1.29, 1.82) is 0 Å². The number of carboxylic acid groups (broad SMARTS) is 1. The van der Waals surface area contributed by atoms with Gasteiger partial charge in [0.25, 0.3) is 0 Å². The zero-order valence-corrected chi connectivity index (χ0v) is 6.24. The minimum absolute atomic E-state index is 0.272. The lowest BCUT2D eigenvalue weighted by atomic mass is 10.2. The molecule has 12 heavy (non-hydrogen) atoms. The molecule has 0 saturated carbocycles. The minimum atomic E-state index is -1.16. The van der Waals surface area contributed by atoms with Gasteiger partial charge in [-0.3, -0.25) is 14.4 Å². The molecule has 0 unspecified atom stereocenters. The average Bonchev–Trinajstić information content (AvgIpc) is 1.98. The number of amides is 1. The second-order valence-corrected chi connectivity index (χ2v) is 2.07. The van der Waals surface area contributed by atoms with Crippen molar-refractivity contribution in [2.45, 2.75) is 12.5 Å². The summed E-state index contributed by atoms with van der Waals surface area (Å²) >= 11 is 0. The molecule has 67 valence electrons. The van der Waals surface area contributed by atoms with E-state index in [0.29, 0.717) is 0 Å². The third kappa shape index (κ3) is 4.40. The molecule has 0 rings (SSSR count). The molecule has 4 N–H and O–H groups in total. The second-order valence-electron chi connectivity index (χ2n) is 2.07. The Morgan fingerprint density at radius 1 is 1.58 bits per heavy atom. The minimum Gasteiger partial charge on any atom is -0.481 e. The maximum atomic E-state index is 10.8. The second kappa shape index (κ2) is 5.25. The molecule has 6 heteroatoms. The van der Waals surface area contributed by atoms with Crippen LogP contribution in [-0.4, -0.2) is 35.9 Å². The lowest BCUT2D eigenvalue weighted by molar-refractivity contribution is -0.139. The third-order valence-electron chi connectivity index (χ3n) is 1.07. The van der Waals surface area contributed by atoms with Gasteiger partial charge in [0.1, 0.15) is 0 Å². The summed E-state index contributed by atoms with van der Waals surface area (Å²) in [5, 5.41) is 10.3. The van der Waals surface area contributed by atoms with E-state index in [1.165, 1.54) is 6.29 Å². The fourth-order valence-electron chi connectivity index (χ4n) is 0.535. The molecule has 0 fully saturated rings. The number of nitrogens with two attached hydrogens (primary N) is 1. The largest absolute Gasteiger partial charge is 0.481 e. The summed E-state index contributed by atoms with van der Waals surface area (Å²) in [6.07, 6.45) is 0.968. The first kappa shape index (κ1) is 10.6. The van der Waals surface area contributed by atoms with Crippen molar-refractivity contribution in [2.24, 2.45) is 5.73 Å². The van der Waals surface area contributed by atoms with Crippen LogP contribution in [0.15, 0.2) is 0 Å². The van der Waals surface area contributed by atoms with Crippen LogP contribution >= 0.6 is 0 Å². The first-order chi connectivity index (χ1) is 5.57. The smallest absolute Gasteiger partial charge is 0.305 e. The van der Waals surface area contributed by atoms with Gasteiger partial charge in [0, 0.05) is 0 Å². The summed E-state index contributed by atoms with van der Waals surface area (Å²) in [6.45, 7) is -0.272. The van der Waals surface area contributed by atoms with Crippen LogP contribution in [-0.2, 0) is 14.4 Å². The highest BCUT2D eigenvalue weighted by atomic mass is 16.4. The standard InChI is InChI=1S/C6H9N2O4/c7-4(3-5(10)11)6(12)8-1-2-9/h4H,1,3,7H2,(H,8,12)(H,10,11)/t4-/m0/s1. The van der Waals surface area contributed by atoms with E-state index >= 15 is 0 Å². The third-order valence-corrected chi connectivity index (χ3v) is 1.07. The number of nitrogens with one attached hydrogen (secondary N) is 1. The Kier molecular flexibility index (Phi) is 4.62. The molecular formula is C6H9N2O4. The van der Waals surface area contributed by atoms with Crippen molar-refractivity contribution in [3.05, 3.63) is 0 Å². The molecule has 0 aliphatic carbocycles.